The van der Waals surface area contributed by atoms with Crippen molar-refractivity contribution in [2.75, 3.05) is 6.61 Å². The van der Waals surface area contributed by atoms with Crippen LogP contribution >= 0.6 is 0 Å². The quantitative estimate of drug-likeness (QED) is 0.384. The van der Waals surface area contributed by atoms with Crippen LogP contribution < -0.4 is 4.74 Å². The predicted molar refractivity (Wildman–Crippen MR) is 133 cm³/mol. The third-order valence-corrected chi connectivity index (χ3v) is 9.19. The van der Waals surface area contributed by atoms with Crippen molar-refractivity contribution < 1.29 is 4.74 Å². The Hall–Kier alpha value is -0.980. The SMILES string of the molecule is CCCOc1ccc(C2CCC3CC(CCC4CCC(CCC)CC4)CCC3C2)cc1. The lowest BCUT2D eigenvalue weighted by Crippen LogP contribution is -2.30. The van der Waals surface area contributed by atoms with E-state index < -0.39 is 0 Å². The van der Waals surface area contributed by atoms with Gasteiger partial charge in [-0.15, -0.1) is 0 Å². The second-order valence-electron chi connectivity index (χ2n) is 11.4. The van der Waals surface area contributed by atoms with E-state index in [0.717, 1.165) is 54.3 Å². The van der Waals surface area contributed by atoms with Gasteiger partial charge >= 0.3 is 0 Å². The summed E-state index contributed by atoms with van der Waals surface area (Å²) in [4.78, 5) is 0. The van der Waals surface area contributed by atoms with Crippen LogP contribution in [0.1, 0.15) is 122 Å². The van der Waals surface area contributed by atoms with Crippen LogP contribution in [0.3, 0.4) is 0 Å². The standard InChI is InChI=1S/C30H48O/c1-3-5-23-6-8-24(9-7-23)10-11-25-12-13-29-22-28(15-14-27(29)21-25)26-16-18-30(19-17-26)31-20-4-2/h16-19,23-25,27-29H,3-15,20-22H2,1-2H3. The lowest BCUT2D eigenvalue weighted by molar-refractivity contribution is 0.108. The van der Waals surface area contributed by atoms with E-state index in [1.165, 1.54) is 83.5 Å². The summed E-state index contributed by atoms with van der Waals surface area (Å²) in [5, 5.41) is 0. The molecule has 1 nitrogen and oxygen atoms in total. The van der Waals surface area contributed by atoms with Crippen molar-refractivity contribution in [1.82, 2.24) is 0 Å². The number of rotatable bonds is 9. The maximum atomic E-state index is 5.78. The lowest BCUT2D eigenvalue weighted by Gasteiger charge is -2.43. The fraction of sp³-hybridized carbons (Fsp3) is 0.800. The zero-order valence-electron chi connectivity index (χ0n) is 20.5. The van der Waals surface area contributed by atoms with Gasteiger partial charge in [-0.2, -0.15) is 0 Å². The van der Waals surface area contributed by atoms with E-state index in [-0.39, 0.29) is 0 Å². The molecule has 0 aliphatic heterocycles. The summed E-state index contributed by atoms with van der Waals surface area (Å²) in [5.74, 6) is 7.02. The van der Waals surface area contributed by atoms with E-state index >= 15 is 0 Å². The molecule has 3 aliphatic carbocycles. The summed E-state index contributed by atoms with van der Waals surface area (Å²) >= 11 is 0. The molecule has 4 unspecified atom stereocenters. The molecular formula is C30H48O. The molecule has 3 saturated carbocycles. The van der Waals surface area contributed by atoms with E-state index in [2.05, 4.69) is 38.1 Å². The first-order valence-corrected chi connectivity index (χ1v) is 14.0. The van der Waals surface area contributed by atoms with Crippen LogP contribution in [0.5, 0.6) is 5.75 Å². The summed E-state index contributed by atoms with van der Waals surface area (Å²) < 4.78 is 5.78. The van der Waals surface area contributed by atoms with Gasteiger partial charge in [0.25, 0.3) is 0 Å². The average Bonchev–Trinajstić information content (AvgIpc) is 2.82. The van der Waals surface area contributed by atoms with Gasteiger partial charge in [-0.05, 0) is 91.7 Å². The van der Waals surface area contributed by atoms with Crippen LogP contribution in [-0.4, -0.2) is 6.61 Å². The largest absolute Gasteiger partial charge is 0.494 e. The first kappa shape index (κ1) is 23.2. The molecule has 3 aliphatic rings. The first-order chi connectivity index (χ1) is 15.2. The Labute approximate surface area is 192 Å². The van der Waals surface area contributed by atoms with Gasteiger partial charge in [0.2, 0.25) is 0 Å². The Morgan fingerprint density at radius 1 is 0.645 bits per heavy atom. The Balaban J connectivity index is 1.18. The third-order valence-electron chi connectivity index (χ3n) is 9.19. The number of hydrogen-bond donors (Lipinski definition) is 0. The van der Waals surface area contributed by atoms with Crippen LogP contribution in [0.25, 0.3) is 0 Å². The fourth-order valence-electron chi connectivity index (χ4n) is 7.30. The van der Waals surface area contributed by atoms with E-state index in [1.54, 1.807) is 12.0 Å². The van der Waals surface area contributed by atoms with Gasteiger partial charge in [0.15, 0.2) is 0 Å². The third kappa shape index (κ3) is 6.52. The minimum absolute atomic E-state index is 0.788. The normalized spacial score (nSPS) is 33.6. The van der Waals surface area contributed by atoms with E-state index in [1.807, 2.05) is 0 Å². The molecule has 0 saturated heterocycles. The fourth-order valence-corrected chi connectivity index (χ4v) is 7.30. The molecule has 3 fully saturated rings. The molecule has 0 aromatic heterocycles. The van der Waals surface area contributed by atoms with Crippen molar-refractivity contribution >= 4 is 0 Å². The molecule has 1 aromatic carbocycles. The summed E-state index contributed by atoms with van der Waals surface area (Å²) in [7, 11) is 0. The van der Waals surface area contributed by atoms with Gasteiger partial charge in [-0.3, -0.25) is 0 Å². The summed E-state index contributed by atoms with van der Waals surface area (Å²) in [6.45, 7) is 5.35. The first-order valence-electron chi connectivity index (χ1n) is 14.0. The molecule has 0 N–H and O–H groups in total. The average molecular weight is 425 g/mol. The highest BCUT2D eigenvalue weighted by Crippen LogP contribution is 2.49. The zero-order valence-corrected chi connectivity index (χ0v) is 20.5. The topological polar surface area (TPSA) is 9.23 Å². The molecule has 0 spiro atoms. The van der Waals surface area contributed by atoms with Gasteiger partial charge in [-0.25, -0.2) is 0 Å². The highest BCUT2D eigenvalue weighted by molar-refractivity contribution is 5.30. The van der Waals surface area contributed by atoms with Crippen molar-refractivity contribution in [2.45, 2.75) is 116 Å². The second-order valence-corrected chi connectivity index (χ2v) is 11.4. The van der Waals surface area contributed by atoms with Gasteiger partial charge < -0.3 is 4.74 Å². The molecule has 1 heteroatoms. The van der Waals surface area contributed by atoms with Crippen molar-refractivity contribution in [3.05, 3.63) is 29.8 Å². The minimum Gasteiger partial charge on any atom is -0.494 e. The van der Waals surface area contributed by atoms with Crippen LogP contribution in [0, 0.1) is 29.6 Å². The molecule has 1 aromatic rings. The Morgan fingerprint density at radius 3 is 1.97 bits per heavy atom. The predicted octanol–water partition coefficient (Wildman–Crippen LogP) is 9.16. The highest BCUT2D eigenvalue weighted by Gasteiger charge is 2.36. The van der Waals surface area contributed by atoms with Crippen molar-refractivity contribution in [2.24, 2.45) is 29.6 Å². The molecule has 0 bridgehead atoms. The van der Waals surface area contributed by atoms with Gasteiger partial charge in [0, 0.05) is 0 Å². The molecule has 174 valence electrons. The van der Waals surface area contributed by atoms with Crippen molar-refractivity contribution in [1.29, 1.82) is 0 Å². The van der Waals surface area contributed by atoms with Crippen LogP contribution in [-0.2, 0) is 0 Å². The molecule has 31 heavy (non-hydrogen) atoms. The molecule has 4 rings (SSSR count). The van der Waals surface area contributed by atoms with Gasteiger partial charge in [0.1, 0.15) is 5.75 Å². The number of ether oxygens (including phenoxy) is 1. The van der Waals surface area contributed by atoms with Crippen LogP contribution in [0.4, 0.5) is 0 Å². The van der Waals surface area contributed by atoms with E-state index in [4.69, 9.17) is 4.74 Å². The lowest BCUT2D eigenvalue weighted by atomic mass is 9.63. The Kier molecular flexibility index (Phi) is 8.79. The minimum atomic E-state index is 0.788. The van der Waals surface area contributed by atoms with E-state index in [0.29, 0.717) is 0 Å². The Bertz CT molecular complexity index is 626. The molecule has 0 amide bonds. The monoisotopic (exact) mass is 424 g/mol. The number of fused-ring (bicyclic) bond motifs is 1. The van der Waals surface area contributed by atoms with Gasteiger partial charge in [0.05, 0.1) is 6.61 Å². The van der Waals surface area contributed by atoms with Crippen molar-refractivity contribution in [3.8, 4) is 5.75 Å². The maximum absolute atomic E-state index is 5.78. The summed E-state index contributed by atoms with van der Waals surface area (Å²) in [5.41, 5.74) is 1.56. The van der Waals surface area contributed by atoms with Crippen LogP contribution in [0.15, 0.2) is 24.3 Å². The highest BCUT2D eigenvalue weighted by atomic mass is 16.5. The van der Waals surface area contributed by atoms with Crippen molar-refractivity contribution in [3.63, 3.8) is 0 Å². The van der Waals surface area contributed by atoms with Gasteiger partial charge in [-0.1, -0.05) is 83.8 Å². The molecule has 4 atom stereocenters. The summed E-state index contributed by atoms with van der Waals surface area (Å²) in [6.07, 6.45) is 22.0. The second kappa shape index (κ2) is 11.8. The van der Waals surface area contributed by atoms with E-state index in [9.17, 15) is 0 Å². The molecule has 0 heterocycles. The Morgan fingerprint density at radius 2 is 1.26 bits per heavy atom. The smallest absolute Gasteiger partial charge is 0.119 e. The molecule has 0 radical (unpaired) electrons. The zero-order chi connectivity index (χ0) is 21.5. The number of benzene rings is 1. The number of hydrogen-bond acceptors (Lipinski definition) is 1. The molecular weight excluding hydrogens is 376 g/mol. The maximum Gasteiger partial charge on any atom is 0.119 e. The summed E-state index contributed by atoms with van der Waals surface area (Å²) in [6, 6.07) is 9.08. The van der Waals surface area contributed by atoms with Crippen LogP contribution in [0.2, 0.25) is 0 Å².